The summed E-state index contributed by atoms with van der Waals surface area (Å²) in [5.74, 6) is -0.785. The van der Waals surface area contributed by atoms with Crippen LogP contribution in [0.5, 0.6) is 0 Å². The van der Waals surface area contributed by atoms with E-state index in [4.69, 9.17) is 0 Å². The number of carbonyl (C=O) groups excluding carboxylic acids is 2. The SMILES string of the molecule is CC1CC(O)CC1NC(=O)C(Cc1ccccc1)CC(O)CC(Cc1ccccc1)C(=O)NC1CC(O)CC1C. The maximum atomic E-state index is 13.5. The van der Waals surface area contributed by atoms with E-state index in [-0.39, 0.29) is 48.6 Å². The van der Waals surface area contributed by atoms with Crippen molar-refractivity contribution in [2.24, 2.45) is 23.7 Å². The van der Waals surface area contributed by atoms with Crippen molar-refractivity contribution in [3.63, 3.8) is 0 Å². The zero-order valence-corrected chi connectivity index (χ0v) is 23.8. The zero-order chi connectivity index (χ0) is 28.6. The van der Waals surface area contributed by atoms with Gasteiger partial charge in [-0.2, -0.15) is 0 Å². The second-order valence-corrected chi connectivity index (χ2v) is 12.3. The summed E-state index contributed by atoms with van der Waals surface area (Å²) in [7, 11) is 0. The van der Waals surface area contributed by atoms with Crippen LogP contribution < -0.4 is 10.6 Å². The smallest absolute Gasteiger partial charge is 0.223 e. The van der Waals surface area contributed by atoms with Crippen molar-refractivity contribution in [2.45, 2.75) is 95.6 Å². The van der Waals surface area contributed by atoms with Gasteiger partial charge in [0, 0.05) is 23.9 Å². The molecule has 0 bridgehead atoms. The lowest BCUT2D eigenvalue weighted by molar-refractivity contribution is -0.127. The average Bonchev–Trinajstić information content (AvgIpc) is 3.41. The van der Waals surface area contributed by atoms with Crippen LogP contribution in [0.1, 0.15) is 63.5 Å². The molecule has 7 heteroatoms. The molecule has 40 heavy (non-hydrogen) atoms. The van der Waals surface area contributed by atoms with E-state index >= 15 is 0 Å². The third-order valence-electron chi connectivity index (χ3n) is 8.87. The first-order chi connectivity index (χ1) is 19.2. The second-order valence-electron chi connectivity index (χ2n) is 12.3. The minimum atomic E-state index is -0.850. The van der Waals surface area contributed by atoms with Crippen LogP contribution >= 0.6 is 0 Å². The topological polar surface area (TPSA) is 119 Å². The summed E-state index contributed by atoms with van der Waals surface area (Å²) < 4.78 is 0. The van der Waals surface area contributed by atoms with Gasteiger partial charge >= 0.3 is 0 Å². The Morgan fingerprint density at radius 1 is 0.700 bits per heavy atom. The molecule has 4 rings (SSSR count). The Bertz CT molecular complexity index is 995. The fourth-order valence-corrected chi connectivity index (χ4v) is 6.55. The number of nitrogens with one attached hydrogen (secondary N) is 2. The standard InChI is InChI=1S/C33H46N2O5/c1-21-13-27(36)19-30(21)34-32(39)25(15-23-9-5-3-6-10-23)17-29(38)18-26(16-24-11-7-4-8-12-24)33(40)35-31-20-28(37)14-22(31)2/h3-12,21-22,25-31,36-38H,13-20H2,1-2H3,(H,34,39)(H,35,40). The van der Waals surface area contributed by atoms with Crippen molar-refractivity contribution in [3.8, 4) is 0 Å². The number of hydrogen-bond donors (Lipinski definition) is 5. The van der Waals surface area contributed by atoms with E-state index in [0.29, 0.717) is 38.5 Å². The number of amides is 2. The van der Waals surface area contributed by atoms with Gasteiger partial charge in [0.1, 0.15) is 0 Å². The highest BCUT2D eigenvalue weighted by atomic mass is 16.3. The first-order valence-corrected chi connectivity index (χ1v) is 14.9. The largest absolute Gasteiger partial charge is 0.393 e. The Morgan fingerprint density at radius 3 is 1.40 bits per heavy atom. The average molecular weight is 551 g/mol. The molecule has 2 aromatic rings. The molecule has 5 N–H and O–H groups in total. The van der Waals surface area contributed by atoms with E-state index in [1.165, 1.54) is 0 Å². The van der Waals surface area contributed by atoms with Crippen LogP contribution in [0.25, 0.3) is 0 Å². The van der Waals surface area contributed by atoms with Gasteiger partial charge in [-0.1, -0.05) is 74.5 Å². The Morgan fingerprint density at radius 2 is 1.07 bits per heavy atom. The monoisotopic (exact) mass is 550 g/mol. The van der Waals surface area contributed by atoms with Crippen LogP contribution in [-0.2, 0) is 22.4 Å². The van der Waals surface area contributed by atoms with Crippen molar-refractivity contribution in [2.75, 3.05) is 0 Å². The normalized spacial score (nSPS) is 28.5. The van der Waals surface area contributed by atoms with E-state index < -0.39 is 30.1 Å². The number of benzene rings is 2. The minimum absolute atomic E-state index is 0.0849. The predicted octanol–water partition coefficient (Wildman–Crippen LogP) is 3.40. The zero-order valence-electron chi connectivity index (χ0n) is 23.8. The minimum Gasteiger partial charge on any atom is -0.393 e. The van der Waals surface area contributed by atoms with E-state index in [2.05, 4.69) is 10.6 Å². The highest BCUT2D eigenvalue weighted by Gasteiger charge is 2.35. The number of carbonyl (C=O) groups is 2. The lowest BCUT2D eigenvalue weighted by Gasteiger charge is -2.27. The van der Waals surface area contributed by atoms with Gasteiger partial charge < -0.3 is 26.0 Å². The van der Waals surface area contributed by atoms with Gasteiger partial charge in [-0.05, 0) is 74.3 Å². The van der Waals surface area contributed by atoms with Gasteiger partial charge in [0.15, 0.2) is 0 Å². The van der Waals surface area contributed by atoms with E-state index in [9.17, 15) is 24.9 Å². The summed E-state index contributed by atoms with van der Waals surface area (Å²) in [4.78, 5) is 27.0. The lowest BCUT2D eigenvalue weighted by atomic mass is 9.86. The summed E-state index contributed by atoms with van der Waals surface area (Å²) in [5, 5.41) is 37.7. The third kappa shape index (κ3) is 8.63. The molecule has 2 aliphatic carbocycles. The molecule has 2 fully saturated rings. The number of rotatable bonds is 12. The molecular formula is C33H46N2O5. The highest BCUT2D eigenvalue weighted by molar-refractivity contribution is 5.80. The van der Waals surface area contributed by atoms with Crippen LogP contribution in [-0.4, -0.2) is 57.5 Å². The number of hydrogen-bond acceptors (Lipinski definition) is 5. The first-order valence-electron chi connectivity index (χ1n) is 14.9. The number of aliphatic hydroxyl groups excluding tert-OH is 3. The van der Waals surface area contributed by atoms with E-state index in [0.717, 1.165) is 11.1 Å². The first kappa shape index (κ1) is 30.2. The maximum Gasteiger partial charge on any atom is 0.223 e. The quantitative estimate of drug-likeness (QED) is 0.278. The Kier molecular flexibility index (Phi) is 10.8. The summed E-state index contributed by atoms with van der Waals surface area (Å²) in [5.41, 5.74) is 2.03. The lowest BCUT2D eigenvalue weighted by Crippen LogP contribution is -2.43. The van der Waals surface area contributed by atoms with Crippen LogP contribution in [0.4, 0.5) is 0 Å². The Labute approximate surface area is 238 Å². The van der Waals surface area contributed by atoms with Crippen LogP contribution in [0.3, 0.4) is 0 Å². The fourth-order valence-electron chi connectivity index (χ4n) is 6.55. The van der Waals surface area contributed by atoms with E-state index in [1.54, 1.807) is 0 Å². The molecule has 2 amide bonds. The van der Waals surface area contributed by atoms with Crippen molar-refractivity contribution in [1.29, 1.82) is 0 Å². The second kappa shape index (κ2) is 14.2. The van der Waals surface area contributed by atoms with Crippen molar-refractivity contribution < 1.29 is 24.9 Å². The van der Waals surface area contributed by atoms with Crippen LogP contribution in [0.2, 0.25) is 0 Å². The Hall–Kier alpha value is -2.74. The molecule has 7 nitrogen and oxygen atoms in total. The predicted molar refractivity (Wildman–Crippen MR) is 155 cm³/mol. The number of aliphatic hydroxyl groups is 3. The van der Waals surface area contributed by atoms with Gasteiger partial charge in [-0.25, -0.2) is 0 Å². The molecule has 218 valence electrons. The van der Waals surface area contributed by atoms with Crippen molar-refractivity contribution in [1.82, 2.24) is 10.6 Å². The van der Waals surface area contributed by atoms with Crippen molar-refractivity contribution in [3.05, 3.63) is 71.8 Å². The highest BCUT2D eigenvalue weighted by Crippen LogP contribution is 2.29. The molecule has 0 spiro atoms. The molecule has 8 unspecified atom stereocenters. The molecule has 0 aromatic heterocycles. The molecule has 0 aliphatic heterocycles. The summed E-state index contributed by atoms with van der Waals surface area (Å²) in [6.07, 6.45) is 2.22. The van der Waals surface area contributed by atoms with Gasteiger partial charge in [0.05, 0.1) is 18.3 Å². The van der Waals surface area contributed by atoms with Crippen molar-refractivity contribution >= 4 is 11.8 Å². The molecule has 2 aliphatic rings. The Balaban J connectivity index is 1.45. The summed E-state index contributed by atoms with van der Waals surface area (Å²) >= 11 is 0. The third-order valence-corrected chi connectivity index (χ3v) is 8.87. The summed E-state index contributed by atoms with van der Waals surface area (Å²) in [6.45, 7) is 4.08. The van der Waals surface area contributed by atoms with E-state index in [1.807, 2.05) is 74.5 Å². The molecule has 2 aromatic carbocycles. The molecule has 0 heterocycles. The molecule has 2 saturated carbocycles. The van der Waals surface area contributed by atoms with Gasteiger partial charge in [0.25, 0.3) is 0 Å². The molecular weight excluding hydrogens is 504 g/mol. The van der Waals surface area contributed by atoms with Gasteiger partial charge in [0.2, 0.25) is 11.8 Å². The van der Waals surface area contributed by atoms with Crippen LogP contribution in [0.15, 0.2) is 60.7 Å². The van der Waals surface area contributed by atoms with Gasteiger partial charge in [-0.3, -0.25) is 9.59 Å². The maximum absolute atomic E-state index is 13.5. The molecule has 8 atom stereocenters. The summed E-state index contributed by atoms with van der Waals surface area (Å²) in [6, 6.07) is 19.4. The van der Waals surface area contributed by atoms with Crippen LogP contribution in [0, 0.1) is 23.7 Å². The molecule has 0 radical (unpaired) electrons. The molecule has 0 saturated heterocycles. The van der Waals surface area contributed by atoms with Gasteiger partial charge in [-0.15, -0.1) is 0 Å². The fraction of sp³-hybridized carbons (Fsp3) is 0.576.